The lowest BCUT2D eigenvalue weighted by atomic mass is 9.91. The number of benzene rings is 1. The number of pyridine rings is 2. The van der Waals surface area contributed by atoms with Gasteiger partial charge in [-0.05, 0) is 53.8 Å². The van der Waals surface area contributed by atoms with E-state index >= 15 is 0 Å². The molecule has 1 fully saturated rings. The highest BCUT2D eigenvalue weighted by Gasteiger charge is 2.24. The molecular formula is C26H28N4O2. The second-order valence-corrected chi connectivity index (χ2v) is 8.02. The Labute approximate surface area is 189 Å². The molecule has 32 heavy (non-hydrogen) atoms. The van der Waals surface area contributed by atoms with Crippen molar-refractivity contribution in [2.45, 2.75) is 19.8 Å². The third-order valence-electron chi connectivity index (χ3n) is 5.59. The number of aromatic nitrogens is 2. The van der Waals surface area contributed by atoms with E-state index in [1.807, 2.05) is 41.4 Å². The highest BCUT2D eigenvalue weighted by Crippen LogP contribution is 2.26. The van der Waals surface area contributed by atoms with Crippen LogP contribution in [0.2, 0.25) is 0 Å². The molecular weight excluding hydrogens is 400 g/mol. The van der Waals surface area contributed by atoms with Crippen molar-refractivity contribution in [3.63, 3.8) is 0 Å². The summed E-state index contributed by atoms with van der Waals surface area (Å²) >= 11 is 0. The first kappa shape index (κ1) is 21.6. The normalized spacial score (nSPS) is 17.2. The summed E-state index contributed by atoms with van der Waals surface area (Å²) in [4.78, 5) is 22.6. The Bertz CT molecular complexity index is 1050. The van der Waals surface area contributed by atoms with Gasteiger partial charge in [0.1, 0.15) is 5.75 Å². The molecule has 3 heterocycles. The van der Waals surface area contributed by atoms with Gasteiger partial charge in [-0.15, -0.1) is 0 Å². The number of urea groups is 1. The van der Waals surface area contributed by atoms with Crippen LogP contribution < -0.4 is 10.1 Å². The summed E-state index contributed by atoms with van der Waals surface area (Å²) in [6.45, 7) is 4.18. The number of hydrogen-bond acceptors (Lipinski definition) is 4. The third kappa shape index (κ3) is 5.94. The summed E-state index contributed by atoms with van der Waals surface area (Å²) in [7, 11) is 0. The Morgan fingerprint density at radius 1 is 1.16 bits per heavy atom. The average molecular weight is 429 g/mol. The number of hydrogen-bond donors (Lipinski definition) is 1. The minimum atomic E-state index is -0.0760. The maximum absolute atomic E-state index is 12.6. The summed E-state index contributed by atoms with van der Waals surface area (Å²) in [6.07, 6.45) is 10.9. The van der Waals surface area contributed by atoms with E-state index in [0.717, 1.165) is 24.2 Å². The van der Waals surface area contributed by atoms with E-state index in [4.69, 9.17) is 4.74 Å². The van der Waals surface area contributed by atoms with Crippen molar-refractivity contribution in [3.05, 3.63) is 90.0 Å². The number of piperidine rings is 1. The first-order valence-corrected chi connectivity index (χ1v) is 11.0. The topological polar surface area (TPSA) is 67.4 Å². The van der Waals surface area contributed by atoms with Gasteiger partial charge in [0.25, 0.3) is 0 Å². The van der Waals surface area contributed by atoms with Gasteiger partial charge in [0.2, 0.25) is 0 Å². The molecule has 0 saturated carbocycles. The highest BCUT2D eigenvalue weighted by atomic mass is 16.5. The van der Waals surface area contributed by atoms with Crippen LogP contribution in [0.25, 0.3) is 6.08 Å². The number of anilines is 1. The zero-order chi connectivity index (χ0) is 22.2. The average Bonchev–Trinajstić information content (AvgIpc) is 2.82. The molecule has 6 heteroatoms. The number of amides is 2. The summed E-state index contributed by atoms with van der Waals surface area (Å²) in [6, 6.07) is 15.8. The summed E-state index contributed by atoms with van der Waals surface area (Å²) in [5.41, 5.74) is 4.35. The Hall–Kier alpha value is -3.67. The van der Waals surface area contributed by atoms with Crippen molar-refractivity contribution in [1.29, 1.82) is 0 Å². The Kier molecular flexibility index (Phi) is 7.12. The van der Waals surface area contributed by atoms with Crippen molar-refractivity contribution in [3.8, 4) is 5.75 Å². The van der Waals surface area contributed by atoms with E-state index in [9.17, 15) is 4.79 Å². The smallest absolute Gasteiger partial charge is 0.321 e. The minimum Gasteiger partial charge on any atom is -0.493 e. The summed E-state index contributed by atoms with van der Waals surface area (Å²) in [5.74, 6) is 1.16. The fourth-order valence-corrected chi connectivity index (χ4v) is 3.83. The molecule has 1 N–H and O–H groups in total. The van der Waals surface area contributed by atoms with Crippen LogP contribution in [0.4, 0.5) is 10.5 Å². The first-order chi connectivity index (χ1) is 15.7. The Balaban J connectivity index is 1.32. The van der Waals surface area contributed by atoms with Crippen LogP contribution in [-0.2, 0) is 6.42 Å². The van der Waals surface area contributed by atoms with E-state index in [0.29, 0.717) is 31.3 Å². The number of carbonyl (C=O) groups is 1. The standard InChI is InChI=1S/C26H28N4O2/c1-20-19-30(26(31)29-24-7-4-12-28-18-24)13-9-23(20)15-22-5-2-8-25(16-22)32-14-10-21-6-3-11-27-17-21/h2-8,11-12,15-18,20H,9-10,13-14,19H2,1H3,(H,29,31). The minimum absolute atomic E-state index is 0.0760. The maximum atomic E-state index is 12.6. The van der Waals surface area contributed by atoms with E-state index < -0.39 is 0 Å². The summed E-state index contributed by atoms with van der Waals surface area (Å²) < 4.78 is 5.95. The molecule has 0 aliphatic carbocycles. The van der Waals surface area contributed by atoms with Gasteiger partial charge in [0, 0.05) is 38.1 Å². The van der Waals surface area contributed by atoms with Crippen molar-refractivity contribution in [2.24, 2.45) is 5.92 Å². The molecule has 0 bridgehead atoms. The monoisotopic (exact) mass is 428 g/mol. The van der Waals surface area contributed by atoms with Crippen molar-refractivity contribution >= 4 is 17.8 Å². The van der Waals surface area contributed by atoms with E-state index in [1.54, 1.807) is 18.6 Å². The quantitative estimate of drug-likeness (QED) is 0.596. The molecule has 164 valence electrons. The van der Waals surface area contributed by atoms with Crippen LogP contribution in [-0.4, -0.2) is 40.6 Å². The third-order valence-corrected chi connectivity index (χ3v) is 5.59. The largest absolute Gasteiger partial charge is 0.493 e. The molecule has 2 aromatic heterocycles. The van der Waals surface area contributed by atoms with Crippen LogP contribution in [0.5, 0.6) is 5.75 Å². The van der Waals surface area contributed by atoms with Crippen LogP contribution in [0.3, 0.4) is 0 Å². The molecule has 1 saturated heterocycles. The van der Waals surface area contributed by atoms with Crippen LogP contribution in [0.1, 0.15) is 24.5 Å². The number of rotatable bonds is 6. The Morgan fingerprint density at radius 3 is 2.75 bits per heavy atom. The number of carbonyl (C=O) groups excluding carboxylic acids is 1. The molecule has 1 aliphatic heterocycles. The fourth-order valence-electron chi connectivity index (χ4n) is 3.83. The molecule has 2 amide bonds. The van der Waals surface area contributed by atoms with Crippen LogP contribution in [0.15, 0.2) is 78.9 Å². The molecule has 1 unspecified atom stereocenters. The van der Waals surface area contributed by atoms with Gasteiger partial charge < -0.3 is 15.0 Å². The van der Waals surface area contributed by atoms with E-state index in [1.165, 1.54) is 11.1 Å². The molecule has 1 atom stereocenters. The van der Waals surface area contributed by atoms with Crippen molar-refractivity contribution in [2.75, 3.05) is 25.0 Å². The zero-order valence-electron chi connectivity index (χ0n) is 18.3. The van der Waals surface area contributed by atoms with Gasteiger partial charge >= 0.3 is 6.03 Å². The second kappa shape index (κ2) is 10.6. The molecule has 4 rings (SSSR count). The molecule has 3 aromatic rings. The highest BCUT2D eigenvalue weighted by molar-refractivity contribution is 5.89. The molecule has 0 spiro atoms. The number of nitrogens with one attached hydrogen (secondary N) is 1. The van der Waals surface area contributed by atoms with Gasteiger partial charge in [0.15, 0.2) is 0 Å². The molecule has 1 aromatic carbocycles. The fraction of sp³-hybridized carbons (Fsp3) is 0.269. The Morgan fingerprint density at radius 2 is 2.00 bits per heavy atom. The lowest BCUT2D eigenvalue weighted by Crippen LogP contribution is -2.42. The SMILES string of the molecule is CC1CN(C(=O)Nc2cccnc2)CCC1=Cc1cccc(OCCc2cccnc2)c1. The number of likely N-dealkylation sites (tertiary alicyclic amines) is 1. The van der Waals surface area contributed by atoms with Gasteiger partial charge in [0.05, 0.1) is 18.5 Å². The zero-order valence-corrected chi connectivity index (χ0v) is 18.3. The van der Waals surface area contributed by atoms with Crippen LogP contribution in [0, 0.1) is 5.92 Å². The van der Waals surface area contributed by atoms with Gasteiger partial charge in [-0.2, -0.15) is 0 Å². The molecule has 0 radical (unpaired) electrons. The molecule has 1 aliphatic rings. The van der Waals surface area contributed by atoms with Gasteiger partial charge in [-0.1, -0.05) is 36.8 Å². The predicted octanol–water partition coefficient (Wildman–Crippen LogP) is 5.06. The lowest BCUT2D eigenvalue weighted by molar-refractivity contribution is 0.198. The van der Waals surface area contributed by atoms with Crippen LogP contribution >= 0.6 is 0 Å². The summed E-state index contributed by atoms with van der Waals surface area (Å²) in [5, 5.41) is 2.92. The van der Waals surface area contributed by atoms with E-state index in [-0.39, 0.29) is 6.03 Å². The lowest BCUT2D eigenvalue weighted by Gasteiger charge is -2.33. The number of ether oxygens (including phenoxy) is 1. The van der Waals surface area contributed by atoms with Crippen molar-refractivity contribution < 1.29 is 9.53 Å². The maximum Gasteiger partial charge on any atom is 0.321 e. The van der Waals surface area contributed by atoms with Crippen molar-refractivity contribution in [1.82, 2.24) is 14.9 Å². The van der Waals surface area contributed by atoms with Gasteiger partial charge in [-0.3, -0.25) is 9.97 Å². The van der Waals surface area contributed by atoms with Gasteiger partial charge in [-0.25, -0.2) is 4.79 Å². The predicted molar refractivity (Wildman–Crippen MR) is 126 cm³/mol. The second-order valence-electron chi connectivity index (χ2n) is 8.02. The molecule has 6 nitrogen and oxygen atoms in total. The number of nitrogens with zero attached hydrogens (tertiary/aromatic N) is 3. The first-order valence-electron chi connectivity index (χ1n) is 11.0. The van der Waals surface area contributed by atoms with E-state index in [2.05, 4.69) is 46.5 Å².